The molecule has 28 heavy (non-hydrogen) atoms. The van der Waals surface area contributed by atoms with Crippen LogP contribution in [0.4, 0.5) is 5.69 Å². The molecular weight excluding hydrogens is 384 g/mol. The lowest BCUT2D eigenvalue weighted by atomic mass is 10.2. The smallest absolute Gasteiger partial charge is 0.243 e. The predicted octanol–water partition coefficient (Wildman–Crippen LogP) is 1.92. The number of anilines is 1. The summed E-state index contributed by atoms with van der Waals surface area (Å²) in [5.74, 6) is 0.466. The number of fused-ring (bicyclic) bond motifs is 1. The highest BCUT2D eigenvalue weighted by molar-refractivity contribution is 7.89. The van der Waals surface area contributed by atoms with E-state index < -0.39 is 15.9 Å². The van der Waals surface area contributed by atoms with Crippen LogP contribution in [0.25, 0.3) is 0 Å². The molecule has 0 aromatic heterocycles. The van der Waals surface area contributed by atoms with Crippen LogP contribution >= 0.6 is 0 Å². The molecule has 1 N–H and O–H groups in total. The molecule has 0 aliphatic carbocycles. The molecule has 0 spiro atoms. The third-order valence-electron chi connectivity index (χ3n) is 4.16. The minimum atomic E-state index is -3.87. The fraction of sp³-hybridized carbons (Fsp3) is 0.263. The number of likely N-dealkylation sites (N-methyl/N-ethyl adjacent to an activating group) is 1. The van der Waals surface area contributed by atoms with Gasteiger partial charge in [-0.1, -0.05) is 12.1 Å². The van der Waals surface area contributed by atoms with Crippen molar-refractivity contribution in [2.75, 3.05) is 32.1 Å². The Balaban J connectivity index is 1.66. The fourth-order valence-corrected chi connectivity index (χ4v) is 3.78. The van der Waals surface area contributed by atoms with Crippen molar-refractivity contribution in [3.05, 3.63) is 48.0 Å². The summed E-state index contributed by atoms with van der Waals surface area (Å²) in [5, 5.41) is 2.65. The van der Waals surface area contributed by atoms with Crippen LogP contribution < -0.4 is 14.8 Å². The maximum atomic E-state index is 12.6. The summed E-state index contributed by atoms with van der Waals surface area (Å²) in [5.41, 5.74) is 0.892. The Bertz CT molecular complexity index is 1000. The summed E-state index contributed by atoms with van der Waals surface area (Å²) in [6.45, 7) is 1.92. The van der Waals surface area contributed by atoms with Crippen LogP contribution in [-0.4, -0.2) is 51.2 Å². The van der Waals surface area contributed by atoms with E-state index in [1.807, 2.05) is 0 Å². The van der Waals surface area contributed by atoms with Crippen molar-refractivity contribution in [3.8, 4) is 11.5 Å². The minimum Gasteiger partial charge on any atom is -0.486 e. The Morgan fingerprint density at radius 1 is 1.04 bits per heavy atom. The number of Topliss-reactive ketones (excluding diaryl/α,β-unsaturated/α-hetero) is 1. The second kappa shape index (κ2) is 7.99. The quantitative estimate of drug-likeness (QED) is 0.738. The maximum absolute atomic E-state index is 12.6. The lowest BCUT2D eigenvalue weighted by Crippen LogP contribution is -2.35. The van der Waals surface area contributed by atoms with Crippen LogP contribution in [0.1, 0.15) is 17.3 Å². The first-order valence-corrected chi connectivity index (χ1v) is 9.98. The largest absolute Gasteiger partial charge is 0.486 e. The van der Waals surface area contributed by atoms with Crippen molar-refractivity contribution < 1.29 is 27.5 Å². The summed E-state index contributed by atoms with van der Waals surface area (Å²) in [6, 6.07) is 10.5. The third kappa shape index (κ3) is 4.32. The van der Waals surface area contributed by atoms with Crippen molar-refractivity contribution in [1.82, 2.24) is 4.31 Å². The van der Waals surface area contributed by atoms with Crippen molar-refractivity contribution >= 4 is 27.4 Å². The van der Waals surface area contributed by atoms with Crippen LogP contribution in [0.15, 0.2) is 47.4 Å². The fourth-order valence-electron chi connectivity index (χ4n) is 2.65. The molecule has 1 aliphatic heterocycles. The Labute approximate surface area is 163 Å². The molecule has 0 bridgehead atoms. The molecule has 1 heterocycles. The number of sulfonamides is 1. The van der Waals surface area contributed by atoms with Gasteiger partial charge in [0.1, 0.15) is 13.2 Å². The van der Waals surface area contributed by atoms with Crippen LogP contribution in [0.5, 0.6) is 11.5 Å². The highest BCUT2D eigenvalue weighted by Gasteiger charge is 2.23. The first-order valence-electron chi connectivity index (χ1n) is 8.54. The number of ether oxygens (including phenoxy) is 2. The molecule has 9 heteroatoms. The number of benzene rings is 2. The molecule has 0 unspecified atom stereocenters. The molecule has 1 amide bonds. The Hall–Kier alpha value is -2.91. The normalized spacial score (nSPS) is 13.2. The van der Waals surface area contributed by atoms with E-state index in [1.165, 1.54) is 38.2 Å². The molecule has 148 valence electrons. The molecule has 2 aromatic rings. The molecule has 0 fully saturated rings. The number of hydrogen-bond donors (Lipinski definition) is 1. The van der Waals surface area contributed by atoms with Crippen LogP contribution in [0.2, 0.25) is 0 Å². The van der Waals surface area contributed by atoms with E-state index in [0.29, 0.717) is 36.0 Å². The summed E-state index contributed by atoms with van der Waals surface area (Å²) >= 11 is 0. The highest BCUT2D eigenvalue weighted by Crippen LogP contribution is 2.32. The number of hydrogen-bond acceptors (Lipinski definition) is 6. The predicted molar refractivity (Wildman–Crippen MR) is 102 cm³/mol. The zero-order valence-electron chi connectivity index (χ0n) is 15.5. The van der Waals surface area contributed by atoms with E-state index in [-0.39, 0.29) is 17.2 Å². The Kier molecular flexibility index (Phi) is 5.66. The number of ketones is 1. The zero-order valence-corrected chi connectivity index (χ0v) is 16.3. The molecule has 3 rings (SSSR count). The number of nitrogens with one attached hydrogen (secondary N) is 1. The second-order valence-corrected chi connectivity index (χ2v) is 8.29. The standard InChI is InChI=1S/C19H20N2O6S/c1-13(22)14-3-6-16(7-4-14)28(24,25)21(2)12-19(23)20-15-5-8-17-18(11-15)27-10-9-26-17/h3-8,11H,9-10,12H2,1-2H3,(H,20,23). The van der Waals surface area contributed by atoms with Crippen LogP contribution in [0.3, 0.4) is 0 Å². The van der Waals surface area contributed by atoms with Gasteiger partial charge >= 0.3 is 0 Å². The summed E-state index contributed by atoms with van der Waals surface area (Å²) in [4.78, 5) is 23.6. The summed E-state index contributed by atoms with van der Waals surface area (Å²) < 4.78 is 37.1. The van der Waals surface area contributed by atoms with Gasteiger partial charge in [-0.2, -0.15) is 4.31 Å². The van der Waals surface area contributed by atoms with E-state index in [9.17, 15) is 18.0 Å². The van der Waals surface area contributed by atoms with E-state index in [1.54, 1.807) is 18.2 Å². The van der Waals surface area contributed by atoms with Crippen molar-refractivity contribution in [2.24, 2.45) is 0 Å². The van der Waals surface area contributed by atoms with Gasteiger partial charge in [-0.3, -0.25) is 9.59 Å². The minimum absolute atomic E-state index is 0.00660. The molecule has 2 aromatic carbocycles. The monoisotopic (exact) mass is 404 g/mol. The number of carbonyl (C=O) groups is 2. The van der Waals surface area contributed by atoms with Crippen molar-refractivity contribution in [2.45, 2.75) is 11.8 Å². The zero-order chi connectivity index (χ0) is 20.3. The molecule has 0 atom stereocenters. The lowest BCUT2D eigenvalue weighted by molar-refractivity contribution is -0.116. The van der Waals surface area contributed by atoms with Crippen LogP contribution in [0, 0.1) is 0 Å². The van der Waals surface area contributed by atoms with Crippen molar-refractivity contribution in [3.63, 3.8) is 0 Å². The van der Waals surface area contributed by atoms with Gasteiger partial charge in [-0.25, -0.2) is 8.42 Å². The van der Waals surface area contributed by atoms with Gasteiger partial charge in [0.05, 0.1) is 11.4 Å². The van der Waals surface area contributed by atoms with Crippen molar-refractivity contribution in [1.29, 1.82) is 0 Å². The van der Waals surface area contributed by atoms with E-state index in [0.717, 1.165) is 4.31 Å². The SMILES string of the molecule is CC(=O)c1ccc(S(=O)(=O)N(C)CC(=O)Nc2ccc3c(c2)OCCO3)cc1. The molecule has 0 saturated heterocycles. The molecule has 8 nitrogen and oxygen atoms in total. The van der Waals surface area contributed by atoms with Gasteiger partial charge in [-0.15, -0.1) is 0 Å². The summed E-state index contributed by atoms with van der Waals surface area (Å²) in [7, 11) is -2.55. The van der Waals surface area contributed by atoms with Gasteiger partial charge in [0, 0.05) is 24.4 Å². The summed E-state index contributed by atoms with van der Waals surface area (Å²) in [6.07, 6.45) is 0. The molecular formula is C19H20N2O6S. The Morgan fingerprint density at radius 3 is 2.32 bits per heavy atom. The van der Waals surface area contributed by atoms with Gasteiger partial charge in [-0.05, 0) is 31.2 Å². The number of carbonyl (C=O) groups excluding carboxylic acids is 2. The topological polar surface area (TPSA) is 102 Å². The number of nitrogens with zero attached hydrogens (tertiary/aromatic N) is 1. The van der Waals surface area contributed by atoms with E-state index in [4.69, 9.17) is 9.47 Å². The molecule has 0 radical (unpaired) electrons. The number of rotatable bonds is 6. The van der Waals surface area contributed by atoms with Crippen LogP contribution in [-0.2, 0) is 14.8 Å². The maximum Gasteiger partial charge on any atom is 0.243 e. The number of amides is 1. The van der Waals surface area contributed by atoms with E-state index >= 15 is 0 Å². The van der Waals surface area contributed by atoms with Gasteiger partial charge < -0.3 is 14.8 Å². The molecule has 0 saturated carbocycles. The highest BCUT2D eigenvalue weighted by atomic mass is 32.2. The van der Waals surface area contributed by atoms with E-state index in [2.05, 4.69) is 5.32 Å². The van der Waals surface area contributed by atoms with Gasteiger partial charge in [0.25, 0.3) is 0 Å². The Morgan fingerprint density at radius 2 is 1.68 bits per heavy atom. The first kappa shape index (κ1) is 19.8. The van der Waals surface area contributed by atoms with Gasteiger partial charge in [0.15, 0.2) is 17.3 Å². The first-order chi connectivity index (χ1) is 13.3. The average Bonchev–Trinajstić information content (AvgIpc) is 2.67. The second-order valence-electron chi connectivity index (χ2n) is 6.25. The molecule has 1 aliphatic rings. The lowest BCUT2D eigenvalue weighted by Gasteiger charge is -2.20. The third-order valence-corrected chi connectivity index (χ3v) is 5.98. The van der Waals surface area contributed by atoms with Gasteiger partial charge in [0.2, 0.25) is 15.9 Å². The average molecular weight is 404 g/mol.